The quantitative estimate of drug-likeness (QED) is 0.262. The van der Waals surface area contributed by atoms with Crippen molar-refractivity contribution >= 4 is 11.9 Å². The molecule has 10 heavy (non-hydrogen) atoms. The molecule has 60 valence electrons. The lowest BCUT2D eigenvalue weighted by Crippen LogP contribution is -2.20. The number of ether oxygens (including phenoxy) is 1. The summed E-state index contributed by atoms with van der Waals surface area (Å²) in [6.45, 7) is 3.65. The van der Waals surface area contributed by atoms with E-state index in [1.807, 2.05) is 0 Å². The maximum atomic E-state index is 9.82. The third-order valence-corrected chi connectivity index (χ3v) is 0.348. The first-order chi connectivity index (χ1) is 4.50. The van der Waals surface area contributed by atoms with Gasteiger partial charge in [-0.15, -0.1) is 0 Å². The van der Waals surface area contributed by atoms with Crippen LogP contribution >= 0.6 is 0 Å². The summed E-state index contributed by atoms with van der Waals surface area (Å²) in [5.74, 6) is -0.544. The summed E-state index contributed by atoms with van der Waals surface area (Å²) in [4.78, 5) is 9.82. The average molecular weight is 147 g/mol. The fourth-order valence-corrected chi connectivity index (χ4v) is 0.203. The van der Waals surface area contributed by atoms with Crippen molar-refractivity contribution in [1.29, 1.82) is 5.41 Å². The Hall–Kier alpha value is -1.26. The molecule has 0 rings (SSSR count). The standard InChI is InChI=1S/C4H8O2.CH5N3/c1-3-6-4(2)5;2-1(3)4/h3H2,1-2H3;(H5,2,3,4). The highest BCUT2D eigenvalue weighted by atomic mass is 16.5. The highest BCUT2D eigenvalue weighted by molar-refractivity contribution is 5.71. The van der Waals surface area contributed by atoms with E-state index in [9.17, 15) is 4.79 Å². The number of nitrogens with one attached hydrogen (secondary N) is 1. The van der Waals surface area contributed by atoms with Crippen molar-refractivity contribution in [2.45, 2.75) is 13.8 Å². The molecular weight excluding hydrogens is 134 g/mol. The number of hydrogen-bond donors (Lipinski definition) is 3. The van der Waals surface area contributed by atoms with Gasteiger partial charge in [-0.3, -0.25) is 10.2 Å². The normalized spacial score (nSPS) is 7.00. The number of rotatable bonds is 1. The smallest absolute Gasteiger partial charge is 0.302 e. The largest absolute Gasteiger partial charge is 0.466 e. The predicted octanol–water partition coefficient (Wildman–Crippen LogP) is -0.592. The highest BCUT2D eigenvalue weighted by Crippen LogP contribution is 1.69. The molecule has 5 nitrogen and oxygen atoms in total. The lowest BCUT2D eigenvalue weighted by atomic mass is 10.8. The van der Waals surface area contributed by atoms with E-state index in [-0.39, 0.29) is 11.9 Å². The Kier molecular flexibility index (Phi) is 8.92. The third-order valence-electron chi connectivity index (χ3n) is 0.348. The summed E-state index contributed by atoms with van der Waals surface area (Å²) in [6, 6.07) is 0. The van der Waals surface area contributed by atoms with Crippen LogP contribution in [0, 0.1) is 5.41 Å². The molecular formula is C5H13N3O2. The number of carbonyl (C=O) groups excluding carboxylic acids is 1. The van der Waals surface area contributed by atoms with E-state index in [1.165, 1.54) is 6.92 Å². The topological polar surface area (TPSA) is 102 Å². The molecule has 5 heteroatoms. The van der Waals surface area contributed by atoms with E-state index in [4.69, 9.17) is 5.41 Å². The lowest BCUT2D eigenvalue weighted by Gasteiger charge is -1.89. The molecule has 0 unspecified atom stereocenters. The van der Waals surface area contributed by atoms with E-state index in [0.29, 0.717) is 6.61 Å². The summed E-state index contributed by atoms with van der Waals surface area (Å²) < 4.78 is 4.40. The molecule has 0 spiro atoms. The zero-order valence-corrected chi connectivity index (χ0v) is 6.18. The molecule has 0 aliphatic rings. The van der Waals surface area contributed by atoms with Crippen LogP contribution in [-0.2, 0) is 9.53 Å². The maximum absolute atomic E-state index is 9.82. The van der Waals surface area contributed by atoms with Crippen LogP contribution in [0.4, 0.5) is 0 Å². The summed E-state index contributed by atoms with van der Waals surface area (Å²) >= 11 is 0. The minimum Gasteiger partial charge on any atom is -0.466 e. The van der Waals surface area contributed by atoms with Gasteiger partial charge in [-0.25, -0.2) is 0 Å². The van der Waals surface area contributed by atoms with Gasteiger partial charge in [0.1, 0.15) is 0 Å². The van der Waals surface area contributed by atoms with Gasteiger partial charge in [0.25, 0.3) is 0 Å². The van der Waals surface area contributed by atoms with Crippen LogP contribution in [0.5, 0.6) is 0 Å². The Labute approximate surface area is 59.8 Å². The van der Waals surface area contributed by atoms with Crippen molar-refractivity contribution in [1.82, 2.24) is 0 Å². The van der Waals surface area contributed by atoms with Gasteiger partial charge in [0.15, 0.2) is 5.96 Å². The number of esters is 1. The van der Waals surface area contributed by atoms with Gasteiger partial charge in [0.05, 0.1) is 6.61 Å². The van der Waals surface area contributed by atoms with Gasteiger partial charge in [0, 0.05) is 6.92 Å². The number of guanidine groups is 1. The molecule has 0 aliphatic carbocycles. The Morgan fingerprint density at radius 3 is 1.90 bits per heavy atom. The fourth-order valence-electron chi connectivity index (χ4n) is 0.203. The zero-order valence-electron chi connectivity index (χ0n) is 6.18. The molecule has 0 fully saturated rings. The predicted molar refractivity (Wildman–Crippen MR) is 38.4 cm³/mol. The van der Waals surface area contributed by atoms with Crippen LogP contribution in [0.3, 0.4) is 0 Å². The van der Waals surface area contributed by atoms with Crippen LogP contribution in [0.25, 0.3) is 0 Å². The Bertz CT molecular complexity index is 109. The lowest BCUT2D eigenvalue weighted by molar-refractivity contribution is -0.140. The number of hydrogen-bond acceptors (Lipinski definition) is 3. The van der Waals surface area contributed by atoms with Crippen LogP contribution in [0.2, 0.25) is 0 Å². The summed E-state index contributed by atoms with van der Waals surface area (Å²) in [6.07, 6.45) is 0. The molecule has 0 aromatic rings. The second kappa shape index (κ2) is 7.74. The SMILES string of the molecule is CCOC(C)=O.N=C(N)N. The molecule has 0 radical (unpaired) electrons. The van der Waals surface area contributed by atoms with Crippen molar-refractivity contribution in [3.8, 4) is 0 Å². The molecule has 0 saturated heterocycles. The van der Waals surface area contributed by atoms with Gasteiger partial charge in [-0.05, 0) is 6.92 Å². The van der Waals surface area contributed by atoms with Crippen LogP contribution in [-0.4, -0.2) is 18.5 Å². The first kappa shape index (κ1) is 11.5. The third kappa shape index (κ3) is 73.3. The molecule has 0 aromatic carbocycles. The first-order valence-corrected chi connectivity index (χ1v) is 2.73. The monoisotopic (exact) mass is 147 g/mol. The van der Waals surface area contributed by atoms with Gasteiger partial charge in [-0.2, -0.15) is 0 Å². The first-order valence-electron chi connectivity index (χ1n) is 2.73. The van der Waals surface area contributed by atoms with E-state index < -0.39 is 0 Å². The Balaban J connectivity index is 0. The van der Waals surface area contributed by atoms with Gasteiger partial charge in [-0.1, -0.05) is 0 Å². The average Bonchev–Trinajstić information content (AvgIpc) is 1.62. The van der Waals surface area contributed by atoms with Gasteiger partial charge < -0.3 is 16.2 Å². The minimum absolute atomic E-state index is 0.211. The van der Waals surface area contributed by atoms with Crippen molar-refractivity contribution < 1.29 is 9.53 Å². The van der Waals surface area contributed by atoms with E-state index in [1.54, 1.807) is 6.92 Å². The number of carbonyl (C=O) groups is 1. The van der Waals surface area contributed by atoms with E-state index >= 15 is 0 Å². The maximum Gasteiger partial charge on any atom is 0.302 e. The molecule has 0 aromatic heterocycles. The fraction of sp³-hybridized carbons (Fsp3) is 0.600. The molecule has 0 atom stereocenters. The van der Waals surface area contributed by atoms with E-state index in [0.717, 1.165) is 0 Å². The Morgan fingerprint density at radius 1 is 1.60 bits per heavy atom. The minimum atomic E-state index is -0.333. The van der Waals surface area contributed by atoms with E-state index in [2.05, 4.69) is 16.2 Å². The van der Waals surface area contributed by atoms with Gasteiger partial charge in [0.2, 0.25) is 0 Å². The van der Waals surface area contributed by atoms with Crippen LogP contribution in [0.15, 0.2) is 0 Å². The molecule has 0 heterocycles. The van der Waals surface area contributed by atoms with Crippen LogP contribution in [0.1, 0.15) is 13.8 Å². The zero-order chi connectivity index (χ0) is 8.57. The van der Waals surface area contributed by atoms with Crippen molar-refractivity contribution in [3.63, 3.8) is 0 Å². The molecule has 5 N–H and O–H groups in total. The second-order valence-electron chi connectivity index (χ2n) is 1.38. The molecule has 0 aliphatic heterocycles. The molecule has 0 bridgehead atoms. The summed E-state index contributed by atoms with van der Waals surface area (Å²) in [5, 5.41) is 6.06. The van der Waals surface area contributed by atoms with Crippen LogP contribution < -0.4 is 11.5 Å². The number of nitrogens with two attached hydrogens (primary N) is 2. The molecule has 0 amide bonds. The molecule has 0 saturated carbocycles. The van der Waals surface area contributed by atoms with Crippen molar-refractivity contribution in [2.24, 2.45) is 11.5 Å². The van der Waals surface area contributed by atoms with Gasteiger partial charge >= 0.3 is 5.97 Å². The van der Waals surface area contributed by atoms with Crippen molar-refractivity contribution in [3.05, 3.63) is 0 Å². The van der Waals surface area contributed by atoms with Crippen molar-refractivity contribution in [2.75, 3.05) is 6.61 Å². The summed E-state index contributed by atoms with van der Waals surface area (Å²) in [7, 11) is 0. The highest BCUT2D eigenvalue weighted by Gasteiger charge is 1.81. The Morgan fingerprint density at radius 2 is 1.90 bits per heavy atom. The summed E-state index contributed by atoms with van der Waals surface area (Å²) in [5.41, 5.74) is 8.94. The second-order valence-corrected chi connectivity index (χ2v) is 1.38.